The Labute approximate surface area is 228 Å². The van der Waals surface area contributed by atoms with Crippen molar-refractivity contribution < 1.29 is 9.13 Å². The van der Waals surface area contributed by atoms with Gasteiger partial charge >= 0.3 is 0 Å². The molecule has 3 aliphatic carbocycles. The lowest BCUT2D eigenvalue weighted by Gasteiger charge is -2.43. The van der Waals surface area contributed by atoms with Crippen LogP contribution in [0.2, 0.25) is 0 Å². The minimum atomic E-state index is -0.0441. The molecule has 3 fully saturated rings. The maximum absolute atomic E-state index is 15.0. The Morgan fingerprint density at radius 1 is 0.676 bits per heavy atom. The summed E-state index contributed by atoms with van der Waals surface area (Å²) in [5, 5.41) is 0. The minimum Gasteiger partial charge on any atom is -0.493 e. The van der Waals surface area contributed by atoms with Gasteiger partial charge in [-0.2, -0.15) is 0 Å². The summed E-state index contributed by atoms with van der Waals surface area (Å²) in [5.74, 6) is 5.80. The average molecular weight is 513 g/mol. The monoisotopic (exact) mass is 512 g/mol. The molecular formula is C35H57FO. The second kappa shape index (κ2) is 15.5. The lowest BCUT2D eigenvalue weighted by Crippen LogP contribution is -2.31. The van der Waals surface area contributed by atoms with Crippen molar-refractivity contribution in [1.29, 1.82) is 0 Å². The summed E-state index contributed by atoms with van der Waals surface area (Å²) in [7, 11) is 0. The third-order valence-electron chi connectivity index (χ3n) is 10.6. The van der Waals surface area contributed by atoms with E-state index in [2.05, 4.69) is 13.8 Å². The maximum Gasteiger partial charge on any atom is 0.130 e. The van der Waals surface area contributed by atoms with Crippen molar-refractivity contribution in [3.05, 3.63) is 29.6 Å². The van der Waals surface area contributed by atoms with Crippen molar-refractivity contribution in [3.8, 4) is 5.75 Å². The summed E-state index contributed by atoms with van der Waals surface area (Å²) in [6, 6.07) is 5.65. The molecular weight excluding hydrogens is 455 g/mol. The minimum absolute atomic E-state index is 0.0441. The zero-order valence-electron chi connectivity index (χ0n) is 24.3. The van der Waals surface area contributed by atoms with Crippen LogP contribution in [0.5, 0.6) is 5.75 Å². The Kier molecular flexibility index (Phi) is 12.1. The fraction of sp³-hybridized carbons (Fsp3) is 0.829. The molecule has 37 heavy (non-hydrogen) atoms. The molecule has 3 saturated carbocycles. The van der Waals surface area contributed by atoms with Gasteiger partial charge in [0.25, 0.3) is 0 Å². The summed E-state index contributed by atoms with van der Waals surface area (Å²) < 4.78 is 20.7. The van der Waals surface area contributed by atoms with Crippen molar-refractivity contribution in [2.24, 2.45) is 29.6 Å². The number of benzene rings is 1. The van der Waals surface area contributed by atoms with Gasteiger partial charge in [-0.05, 0) is 85.7 Å². The van der Waals surface area contributed by atoms with Gasteiger partial charge in [0.1, 0.15) is 11.6 Å². The smallest absolute Gasteiger partial charge is 0.130 e. The number of ether oxygens (including phenoxy) is 1. The highest BCUT2D eigenvalue weighted by molar-refractivity contribution is 5.31. The molecule has 4 unspecified atom stereocenters. The SMILES string of the molecule is CCCCCCCC1CCC(CCC2CCC3CC(c4ccc(OCCCC)cc4F)CCC3C2)CC1. The van der Waals surface area contributed by atoms with Crippen molar-refractivity contribution >= 4 is 0 Å². The van der Waals surface area contributed by atoms with Gasteiger partial charge in [-0.15, -0.1) is 0 Å². The number of hydrogen-bond donors (Lipinski definition) is 0. The number of halogens is 1. The van der Waals surface area contributed by atoms with E-state index in [4.69, 9.17) is 4.74 Å². The van der Waals surface area contributed by atoms with Gasteiger partial charge in [0.15, 0.2) is 0 Å². The van der Waals surface area contributed by atoms with Crippen LogP contribution < -0.4 is 4.74 Å². The maximum atomic E-state index is 15.0. The molecule has 4 atom stereocenters. The highest BCUT2D eigenvalue weighted by Crippen LogP contribution is 2.49. The summed E-state index contributed by atoms with van der Waals surface area (Å²) in [5.41, 5.74) is 0.944. The van der Waals surface area contributed by atoms with E-state index in [9.17, 15) is 4.39 Å². The van der Waals surface area contributed by atoms with E-state index in [1.165, 1.54) is 116 Å². The van der Waals surface area contributed by atoms with Gasteiger partial charge in [0, 0.05) is 6.07 Å². The Morgan fingerprint density at radius 3 is 2.08 bits per heavy atom. The highest BCUT2D eigenvalue weighted by Gasteiger charge is 2.37. The number of unbranched alkanes of at least 4 members (excludes halogenated alkanes) is 5. The Bertz CT molecular complexity index is 767. The molecule has 0 amide bonds. The average Bonchev–Trinajstić information content (AvgIpc) is 2.92. The van der Waals surface area contributed by atoms with E-state index >= 15 is 0 Å². The predicted molar refractivity (Wildman–Crippen MR) is 156 cm³/mol. The van der Waals surface area contributed by atoms with Gasteiger partial charge in [-0.3, -0.25) is 0 Å². The first kappa shape index (κ1) is 28.9. The fourth-order valence-corrected chi connectivity index (χ4v) is 8.11. The number of hydrogen-bond acceptors (Lipinski definition) is 1. The predicted octanol–water partition coefficient (Wildman–Crippen LogP) is 11.3. The normalized spacial score (nSPS) is 30.1. The van der Waals surface area contributed by atoms with Crippen molar-refractivity contribution in [1.82, 2.24) is 0 Å². The van der Waals surface area contributed by atoms with E-state index in [0.29, 0.717) is 18.3 Å². The van der Waals surface area contributed by atoms with Crippen LogP contribution in [-0.4, -0.2) is 6.61 Å². The summed E-state index contributed by atoms with van der Waals surface area (Å²) in [6.45, 7) is 5.15. The lowest BCUT2D eigenvalue weighted by molar-refractivity contribution is 0.108. The van der Waals surface area contributed by atoms with E-state index < -0.39 is 0 Å². The van der Waals surface area contributed by atoms with Crippen LogP contribution in [0.25, 0.3) is 0 Å². The molecule has 0 radical (unpaired) electrons. The first-order valence-electron chi connectivity index (χ1n) is 16.6. The molecule has 0 heterocycles. The molecule has 0 saturated heterocycles. The molecule has 0 spiro atoms. The van der Waals surface area contributed by atoms with Crippen molar-refractivity contribution in [2.45, 2.75) is 148 Å². The van der Waals surface area contributed by atoms with Gasteiger partial charge in [-0.25, -0.2) is 4.39 Å². The molecule has 0 N–H and O–H groups in total. The van der Waals surface area contributed by atoms with Gasteiger partial charge < -0.3 is 4.74 Å². The van der Waals surface area contributed by atoms with Crippen LogP contribution in [0.1, 0.15) is 154 Å². The van der Waals surface area contributed by atoms with E-state index in [1.54, 1.807) is 6.07 Å². The number of rotatable bonds is 14. The molecule has 210 valence electrons. The first-order valence-corrected chi connectivity index (χ1v) is 16.6. The van der Waals surface area contributed by atoms with E-state index in [1.807, 2.05) is 12.1 Å². The quantitative estimate of drug-likeness (QED) is 0.225. The van der Waals surface area contributed by atoms with Gasteiger partial charge in [-0.1, -0.05) is 110 Å². The Hall–Kier alpha value is -1.05. The van der Waals surface area contributed by atoms with Crippen molar-refractivity contribution in [3.63, 3.8) is 0 Å². The molecule has 4 rings (SSSR count). The molecule has 0 aliphatic heterocycles. The van der Waals surface area contributed by atoms with Crippen LogP contribution in [0.15, 0.2) is 18.2 Å². The summed E-state index contributed by atoms with van der Waals surface area (Å²) >= 11 is 0. The second-order valence-corrected chi connectivity index (χ2v) is 13.3. The molecule has 0 aromatic heterocycles. The van der Waals surface area contributed by atoms with Crippen LogP contribution in [0.4, 0.5) is 4.39 Å². The largest absolute Gasteiger partial charge is 0.493 e. The fourth-order valence-electron chi connectivity index (χ4n) is 8.11. The standard InChI is InChI=1S/C35H57FO/c1-3-5-7-8-9-10-27-11-13-28(14-12-27)15-16-29-17-18-31-25-32(20-19-30(31)24-29)34-22-21-33(26-35(34)36)37-23-6-4-2/h21-22,26-32H,3-20,23-25H2,1-2H3. The molecule has 2 heteroatoms. The zero-order valence-corrected chi connectivity index (χ0v) is 24.3. The molecule has 1 nitrogen and oxygen atoms in total. The third-order valence-corrected chi connectivity index (χ3v) is 10.6. The third kappa shape index (κ3) is 8.99. The zero-order chi connectivity index (χ0) is 25.9. The highest BCUT2D eigenvalue weighted by atomic mass is 19.1. The van der Waals surface area contributed by atoms with Gasteiger partial charge in [0.2, 0.25) is 0 Å². The van der Waals surface area contributed by atoms with Crippen molar-refractivity contribution in [2.75, 3.05) is 6.61 Å². The first-order chi connectivity index (χ1) is 18.2. The topological polar surface area (TPSA) is 9.23 Å². The molecule has 0 bridgehead atoms. The van der Waals surface area contributed by atoms with Crippen LogP contribution in [-0.2, 0) is 0 Å². The Morgan fingerprint density at radius 2 is 1.32 bits per heavy atom. The molecule has 1 aromatic rings. The Balaban J connectivity index is 1.13. The summed E-state index contributed by atoms with van der Waals surface area (Å²) in [4.78, 5) is 0. The van der Waals surface area contributed by atoms with E-state index in [-0.39, 0.29) is 5.82 Å². The van der Waals surface area contributed by atoms with Gasteiger partial charge in [0.05, 0.1) is 6.61 Å². The van der Waals surface area contributed by atoms with E-state index in [0.717, 1.165) is 48.0 Å². The second-order valence-electron chi connectivity index (χ2n) is 13.3. The van der Waals surface area contributed by atoms with Crippen LogP contribution >= 0.6 is 0 Å². The number of fused-ring (bicyclic) bond motifs is 1. The molecule has 3 aliphatic rings. The van der Waals surface area contributed by atoms with Crippen LogP contribution in [0, 0.1) is 35.4 Å². The molecule has 1 aromatic carbocycles. The van der Waals surface area contributed by atoms with Crippen LogP contribution in [0.3, 0.4) is 0 Å². The summed E-state index contributed by atoms with van der Waals surface area (Å²) in [6.07, 6.45) is 27.8. The lowest BCUT2D eigenvalue weighted by atomic mass is 9.63.